The number of benzene rings is 3. The second-order valence-corrected chi connectivity index (χ2v) is 7.34. The monoisotopic (exact) mass is 453 g/mol. The van der Waals surface area contributed by atoms with Crippen LogP contribution in [0.25, 0.3) is 28.6 Å². The van der Waals surface area contributed by atoms with E-state index in [4.69, 9.17) is 27.6 Å². The molecule has 0 aliphatic carbocycles. The normalized spacial score (nSPS) is 11.2. The number of rotatable bonds is 5. The maximum absolute atomic E-state index is 12.3. The summed E-state index contributed by atoms with van der Waals surface area (Å²) in [6.07, 6.45) is 2.74. The van der Waals surface area contributed by atoms with Gasteiger partial charge in [0.25, 0.3) is 5.69 Å². The standard InChI is InChI=1S/C22H13Cl2N3O4/c23-15-6-8-20-19(12-15)26-22(31-20)14-5-7-17(24)18(11-14)25-21(28)9-4-13-2-1-3-16(10-13)27(29)30/h1-12H,(H,25,28)/b9-4+. The number of non-ortho nitro benzene ring substituents is 1. The first-order chi connectivity index (χ1) is 14.9. The second-order valence-electron chi connectivity index (χ2n) is 6.50. The third-order valence-electron chi connectivity index (χ3n) is 4.33. The molecule has 4 aromatic rings. The molecule has 1 amide bonds. The number of aromatic nitrogens is 1. The molecule has 0 fully saturated rings. The number of halogens is 2. The first kappa shape index (κ1) is 20.6. The minimum atomic E-state index is -0.497. The Balaban J connectivity index is 1.55. The van der Waals surface area contributed by atoms with Gasteiger partial charge in [-0.1, -0.05) is 35.3 Å². The zero-order valence-corrected chi connectivity index (χ0v) is 17.2. The van der Waals surface area contributed by atoms with Crippen molar-refractivity contribution in [3.63, 3.8) is 0 Å². The summed E-state index contributed by atoms with van der Waals surface area (Å²) in [6.45, 7) is 0. The SMILES string of the molecule is O=C(/C=C/c1cccc([N+](=O)[O-])c1)Nc1cc(-c2nc3cc(Cl)ccc3o2)ccc1Cl. The molecule has 0 spiro atoms. The molecule has 0 radical (unpaired) electrons. The lowest BCUT2D eigenvalue weighted by atomic mass is 10.2. The first-order valence-electron chi connectivity index (χ1n) is 8.98. The summed E-state index contributed by atoms with van der Waals surface area (Å²) in [7, 11) is 0. The van der Waals surface area contributed by atoms with Crippen LogP contribution in [0.1, 0.15) is 5.56 Å². The number of fused-ring (bicyclic) bond motifs is 1. The average Bonchev–Trinajstić information content (AvgIpc) is 3.17. The summed E-state index contributed by atoms with van der Waals surface area (Å²) in [5.41, 5.74) is 2.65. The van der Waals surface area contributed by atoms with E-state index in [-0.39, 0.29) is 5.69 Å². The maximum Gasteiger partial charge on any atom is 0.270 e. The highest BCUT2D eigenvalue weighted by Crippen LogP contribution is 2.31. The van der Waals surface area contributed by atoms with E-state index in [1.54, 1.807) is 48.5 Å². The van der Waals surface area contributed by atoms with Crippen molar-refractivity contribution in [3.8, 4) is 11.5 Å². The van der Waals surface area contributed by atoms with Gasteiger partial charge in [0.2, 0.25) is 11.8 Å². The smallest absolute Gasteiger partial charge is 0.270 e. The summed E-state index contributed by atoms with van der Waals surface area (Å²) < 4.78 is 5.75. The van der Waals surface area contributed by atoms with Gasteiger partial charge in [-0.15, -0.1) is 0 Å². The number of nitro groups is 1. The van der Waals surface area contributed by atoms with Crippen LogP contribution < -0.4 is 5.32 Å². The van der Waals surface area contributed by atoms with E-state index in [2.05, 4.69) is 10.3 Å². The molecule has 9 heteroatoms. The third-order valence-corrected chi connectivity index (χ3v) is 4.89. The molecule has 0 saturated carbocycles. The van der Waals surface area contributed by atoms with Crippen molar-refractivity contribution in [2.24, 2.45) is 0 Å². The molecule has 1 aromatic heterocycles. The lowest BCUT2D eigenvalue weighted by molar-refractivity contribution is -0.384. The predicted octanol–water partition coefficient (Wildman–Crippen LogP) is 6.36. The fourth-order valence-electron chi connectivity index (χ4n) is 2.87. The number of anilines is 1. The van der Waals surface area contributed by atoms with E-state index in [1.807, 2.05) is 0 Å². The Morgan fingerprint density at radius 3 is 2.74 bits per heavy atom. The van der Waals surface area contributed by atoms with Gasteiger partial charge in [0, 0.05) is 28.8 Å². The van der Waals surface area contributed by atoms with Gasteiger partial charge in [0.15, 0.2) is 5.58 Å². The van der Waals surface area contributed by atoms with Crippen LogP contribution in [-0.2, 0) is 4.79 Å². The molecule has 3 aromatic carbocycles. The van der Waals surface area contributed by atoms with Crippen LogP contribution in [-0.4, -0.2) is 15.8 Å². The first-order valence-corrected chi connectivity index (χ1v) is 9.74. The summed E-state index contributed by atoms with van der Waals surface area (Å²) >= 11 is 12.2. The maximum atomic E-state index is 12.3. The number of nitrogens with zero attached hydrogens (tertiary/aromatic N) is 2. The number of hydrogen-bond acceptors (Lipinski definition) is 5. The quantitative estimate of drug-likeness (QED) is 0.215. The number of nitro benzene ring substituents is 1. The van der Waals surface area contributed by atoms with Crippen molar-refractivity contribution in [2.75, 3.05) is 5.32 Å². The van der Waals surface area contributed by atoms with Gasteiger partial charge in [-0.05, 0) is 48.0 Å². The molecule has 4 rings (SSSR count). The lowest BCUT2D eigenvalue weighted by Gasteiger charge is -2.06. The summed E-state index contributed by atoms with van der Waals surface area (Å²) in [5, 5.41) is 14.4. The van der Waals surface area contributed by atoms with Gasteiger partial charge >= 0.3 is 0 Å². The van der Waals surface area contributed by atoms with Crippen LogP contribution in [0.2, 0.25) is 10.0 Å². The molecule has 0 aliphatic heterocycles. The molecular weight excluding hydrogens is 441 g/mol. The molecule has 31 heavy (non-hydrogen) atoms. The number of amides is 1. The number of carbonyl (C=O) groups excluding carboxylic acids is 1. The predicted molar refractivity (Wildman–Crippen MR) is 120 cm³/mol. The molecule has 7 nitrogen and oxygen atoms in total. The number of oxazole rings is 1. The van der Waals surface area contributed by atoms with Gasteiger partial charge in [0.1, 0.15) is 5.52 Å². The van der Waals surface area contributed by atoms with Gasteiger partial charge in [-0.2, -0.15) is 0 Å². The van der Waals surface area contributed by atoms with E-state index in [0.29, 0.717) is 43.9 Å². The van der Waals surface area contributed by atoms with E-state index in [0.717, 1.165) is 0 Å². The topological polar surface area (TPSA) is 98.3 Å². The Labute approximate surface area is 186 Å². The van der Waals surface area contributed by atoms with E-state index >= 15 is 0 Å². The molecule has 1 heterocycles. The van der Waals surface area contributed by atoms with Crippen molar-refractivity contribution >= 4 is 57.7 Å². The summed E-state index contributed by atoms with van der Waals surface area (Å²) in [6, 6.07) is 16.1. The fourth-order valence-corrected chi connectivity index (χ4v) is 3.20. The minimum absolute atomic E-state index is 0.0575. The van der Waals surface area contributed by atoms with Gasteiger partial charge in [-0.25, -0.2) is 4.98 Å². The van der Waals surface area contributed by atoms with Crippen LogP contribution in [0, 0.1) is 10.1 Å². The van der Waals surface area contributed by atoms with Crippen molar-refractivity contribution in [1.82, 2.24) is 4.98 Å². The van der Waals surface area contributed by atoms with Crippen molar-refractivity contribution in [3.05, 3.63) is 92.5 Å². The van der Waals surface area contributed by atoms with Crippen LogP contribution in [0.3, 0.4) is 0 Å². The fraction of sp³-hybridized carbons (Fsp3) is 0. The summed E-state index contributed by atoms with van der Waals surface area (Å²) in [5.74, 6) is -0.0912. The van der Waals surface area contributed by atoms with E-state index in [9.17, 15) is 14.9 Å². The molecule has 0 atom stereocenters. The Morgan fingerprint density at radius 2 is 1.94 bits per heavy atom. The van der Waals surface area contributed by atoms with Gasteiger partial charge < -0.3 is 9.73 Å². The molecular formula is C22H13Cl2N3O4. The zero-order valence-electron chi connectivity index (χ0n) is 15.7. The van der Waals surface area contributed by atoms with Crippen molar-refractivity contribution in [2.45, 2.75) is 0 Å². The number of nitrogens with one attached hydrogen (secondary N) is 1. The second kappa shape index (κ2) is 8.59. The van der Waals surface area contributed by atoms with Crippen LogP contribution >= 0.6 is 23.2 Å². The Kier molecular flexibility index (Phi) is 5.70. The largest absolute Gasteiger partial charge is 0.436 e. The Hall–Kier alpha value is -3.68. The molecule has 1 N–H and O–H groups in total. The van der Waals surface area contributed by atoms with Crippen LogP contribution in [0.4, 0.5) is 11.4 Å². The van der Waals surface area contributed by atoms with E-state index in [1.165, 1.54) is 24.3 Å². The van der Waals surface area contributed by atoms with Crippen molar-refractivity contribution < 1.29 is 14.1 Å². The molecule has 0 aliphatic rings. The summed E-state index contributed by atoms with van der Waals surface area (Å²) in [4.78, 5) is 27.1. The number of carbonyl (C=O) groups is 1. The highest BCUT2D eigenvalue weighted by atomic mass is 35.5. The van der Waals surface area contributed by atoms with Crippen LogP contribution in [0.15, 0.2) is 71.2 Å². The molecule has 154 valence electrons. The molecule has 0 unspecified atom stereocenters. The Bertz CT molecular complexity index is 1350. The minimum Gasteiger partial charge on any atom is -0.436 e. The number of hydrogen-bond donors (Lipinski definition) is 1. The Morgan fingerprint density at radius 1 is 1.10 bits per heavy atom. The van der Waals surface area contributed by atoms with Gasteiger partial charge in [0.05, 0.1) is 15.6 Å². The van der Waals surface area contributed by atoms with E-state index < -0.39 is 10.8 Å². The molecule has 0 bridgehead atoms. The van der Waals surface area contributed by atoms with Gasteiger partial charge in [-0.3, -0.25) is 14.9 Å². The highest BCUT2D eigenvalue weighted by Gasteiger charge is 2.12. The highest BCUT2D eigenvalue weighted by molar-refractivity contribution is 6.34. The average molecular weight is 454 g/mol. The molecule has 0 saturated heterocycles. The van der Waals surface area contributed by atoms with Crippen molar-refractivity contribution in [1.29, 1.82) is 0 Å². The zero-order chi connectivity index (χ0) is 22.0. The van der Waals surface area contributed by atoms with Crippen LogP contribution in [0.5, 0.6) is 0 Å². The lowest BCUT2D eigenvalue weighted by Crippen LogP contribution is -2.08. The third kappa shape index (κ3) is 4.74.